The van der Waals surface area contributed by atoms with Crippen molar-refractivity contribution in [3.8, 4) is 0 Å². The normalized spacial score (nSPS) is 23.2. The summed E-state index contributed by atoms with van der Waals surface area (Å²) >= 11 is 0. The largest absolute Gasteiger partial charge is 0.453 e. The third kappa shape index (κ3) is 3.70. The van der Waals surface area contributed by atoms with Gasteiger partial charge in [-0.25, -0.2) is 4.79 Å². The minimum atomic E-state index is -0.214. The van der Waals surface area contributed by atoms with Crippen LogP contribution in [0.15, 0.2) is 30.3 Å². The molecule has 0 bridgehead atoms. The molecule has 1 aromatic carbocycles. The van der Waals surface area contributed by atoms with Gasteiger partial charge in [-0.05, 0) is 17.9 Å². The smallest absolute Gasteiger partial charge is 0.409 e. The zero-order valence-corrected chi connectivity index (χ0v) is 11.6. The Morgan fingerprint density at radius 2 is 2.16 bits per heavy atom. The van der Waals surface area contributed by atoms with Crippen LogP contribution in [0.3, 0.4) is 0 Å². The number of ether oxygens (including phenoxy) is 1. The molecule has 1 aromatic rings. The van der Waals surface area contributed by atoms with E-state index in [1.807, 2.05) is 6.07 Å². The molecule has 4 nitrogen and oxygen atoms in total. The molecule has 1 fully saturated rings. The summed E-state index contributed by atoms with van der Waals surface area (Å²) in [6.07, 6.45) is 0.761. The number of benzene rings is 1. The average Bonchev–Trinajstić information content (AvgIpc) is 2.46. The van der Waals surface area contributed by atoms with Crippen LogP contribution >= 0.6 is 0 Å². The second kappa shape index (κ2) is 6.57. The van der Waals surface area contributed by atoms with Crippen molar-refractivity contribution >= 4 is 6.09 Å². The lowest BCUT2D eigenvalue weighted by Gasteiger charge is -2.36. The number of hydrogen-bond donors (Lipinski definition) is 1. The van der Waals surface area contributed by atoms with E-state index in [0.29, 0.717) is 12.0 Å². The van der Waals surface area contributed by atoms with E-state index in [-0.39, 0.29) is 6.09 Å². The Balaban J connectivity index is 1.82. The first-order valence-electron chi connectivity index (χ1n) is 6.81. The molecule has 0 spiro atoms. The summed E-state index contributed by atoms with van der Waals surface area (Å²) in [4.78, 5) is 13.3. The highest BCUT2D eigenvalue weighted by Crippen LogP contribution is 2.18. The molecular formula is C15H22N2O2. The molecule has 0 aliphatic carbocycles. The van der Waals surface area contributed by atoms with Crippen LogP contribution in [0.2, 0.25) is 0 Å². The van der Waals surface area contributed by atoms with E-state index < -0.39 is 0 Å². The molecular weight excluding hydrogens is 240 g/mol. The summed E-state index contributed by atoms with van der Waals surface area (Å²) in [5.41, 5.74) is 1.30. The molecule has 1 amide bonds. The maximum Gasteiger partial charge on any atom is 0.409 e. The molecule has 4 heteroatoms. The fourth-order valence-corrected chi connectivity index (χ4v) is 2.59. The number of likely N-dealkylation sites (tertiary alicyclic amines) is 1. The number of carbonyl (C=O) groups is 1. The van der Waals surface area contributed by atoms with E-state index in [0.717, 1.165) is 26.1 Å². The van der Waals surface area contributed by atoms with E-state index >= 15 is 0 Å². The lowest BCUT2D eigenvalue weighted by atomic mass is 9.94. The third-order valence-corrected chi connectivity index (χ3v) is 3.75. The van der Waals surface area contributed by atoms with Gasteiger partial charge >= 0.3 is 6.09 Å². The highest BCUT2D eigenvalue weighted by atomic mass is 16.5. The van der Waals surface area contributed by atoms with Gasteiger partial charge in [0.15, 0.2) is 0 Å². The predicted molar refractivity (Wildman–Crippen MR) is 74.8 cm³/mol. The Bertz CT molecular complexity index is 408. The Kier molecular flexibility index (Phi) is 4.80. The fourth-order valence-electron chi connectivity index (χ4n) is 2.59. The Labute approximate surface area is 114 Å². The van der Waals surface area contributed by atoms with E-state index in [1.165, 1.54) is 12.7 Å². The van der Waals surface area contributed by atoms with Gasteiger partial charge in [0.25, 0.3) is 0 Å². The van der Waals surface area contributed by atoms with Crippen LogP contribution in [0.1, 0.15) is 18.9 Å². The number of nitrogens with one attached hydrogen (secondary N) is 1. The van der Waals surface area contributed by atoms with Crippen molar-refractivity contribution in [1.29, 1.82) is 0 Å². The molecule has 104 valence electrons. The van der Waals surface area contributed by atoms with Gasteiger partial charge in [-0.2, -0.15) is 0 Å². The maximum absolute atomic E-state index is 11.5. The first kappa shape index (κ1) is 13.9. The van der Waals surface area contributed by atoms with Gasteiger partial charge in [0.05, 0.1) is 7.11 Å². The van der Waals surface area contributed by atoms with Gasteiger partial charge in [0, 0.05) is 25.7 Å². The van der Waals surface area contributed by atoms with Gasteiger partial charge in [0.2, 0.25) is 0 Å². The quantitative estimate of drug-likeness (QED) is 0.908. The molecule has 19 heavy (non-hydrogen) atoms. The van der Waals surface area contributed by atoms with Crippen LogP contribution in [-0.2, 0) is 11.3 Å². The van der Waals surface area contributed by atoms with Crippen LogP contribution in [0.4, 0.5) is 4.79 Å². The molecule has 0 unspecified atom stereocenters. The van der Waals surface area contributed by atoms with Gasteiger partial charge in [0.1, 0.15) is 0 Å². The molecule has 0 radical (unpaired) electrons. The monoisotopic (exact) mass is 262 g/mol. The number of piperidine rings is 1. The SMILES string of the molecule is COC(=O)N1CC[C@H](NCc2ccccc2)[C@H](C)C1. The minimum absolute atomic E-state index is 0.214. The van der Waals surface area contributed by atoms with Crippen molar-refractivity contribution in [2.75, 3.05) is 20.2 Å². The number of nitrogens with zero attached hydrogens (tertiary/aromatic N) is 1. The maximum atomic E-state index is 11.5. The molecule has 0 saturated carbocycles. The minimum Gasteiger partial charge on any atom is -0.453 e. The number of amides is 1. The molecule has 2 atom stereocenters. The molecule has 1 aliphatic heterocycles. The van der Waals surface area contributed by atoms with E-state index in [9.17, 15) is 4.79 Å². The van der Waals surface area contributed by atoms with E-state index in [4.69, 9.17) is 4.74 Å². The predicted octanol–water partition coefficient (Wildman–Crippen LogP) is 2.25. The van der Waals surface area contributed by atoms with E-state index in [2.05, 4.69) is 36.5 Å². The molecule has 1 saturated heterocycles. The number of rotatable bonds is 3. The van der Waals surface area contributed by atoms with Crippen LogP contribution in [-0.4, -0.2) is 37.2 Å². The fraction of sp³-hybridized carbons (Fsp3) is 0.533. The Morgan fingerprint density at radius 3 is 2.79 bits per heavy atom. The van der Waals surface area contributed by atoms with Crippen LogP contribution in [0.25, 0.3) is 0 Å². The molecule has 1 heterocycles. The van der Waals surface area contributed by atoms with Gasteiger partial charge in [-0.3, -0.25) is 0 Å². The first-order valence-corrected chi connectivity index (χ1v) is 6.81. The van der Waals surface area contributed by atoms with Gasteiger partial charge < -0.3 is 15.0 Å². The van der Waals surface area contributed by atoms with E-state index in [1.54, 1.807) is 4.90 Å². The topological polar surface area (TPSA) is 41.6 Å². The number of hydrogen-bond acceptors (Lipinski definition) is 3. The molecule has 1 N–H and O–H groups in total. The van der Waals surface area contributed by atoms with Crippen molar-refractivity contribution in [1.82, 2.24) is 10.2 Å². The summed E-state index contributed by atoms with van der Waals surface area (Å²) in [5.74, 6) is 0.441. The summed E-state index contributed by atoms with van der Waals surface area (Å²) in [5, 5.41) is 3.59. The Morgan fingerprint density at radius 1 is 1.42 bits per heavy atom. The van der Waals surface area contributed by atoms with Crippen LogP contribution in [0, 0.1) is 5.92 Å². The summed E-state index contributed by atoms with van der Waals surface area (Å²) in [6, 6.07) is 10.9. The van der Waals surface area contributed by atoms with Crippen molar-refractivity contribution in [3.63, 3.8) is 0 Å². The second-order valence-corrected chi connectivity index (χ2v) is 5.15. The summed E-state index contributed by atoms with van der Waals surface area (Å²) < 4.78 is 4.77. The van der Waals surface area contributed by atoms with Crippen LogP contribution < -0.4 is 5.32 Å². The van der Waals surface area contributed by atoms with Crippen molar-refractivity contribution in [2.24, 2.45) is 5.92 Å². The standard InChI is InChI=1S/C15H22N2O2/c1-12-11-17(15(18)19-2)9-8-14(12)16-10-13-6-4-3-5-7-13/h3-7,12,14,16H,8-11H2,1-2H3/t12-,14+/m1/s1. The van der Waals surface area contributed by atoms with Crippen molar-refractivity contribution in [2.45, 2.75) is 25.9 Å². The molecule has 0 aromatic heterocycles. The van der Waals surface area contributed by atoms with Gasteiger partial charge in [-0.1, -0.05) is 37.3 Å². The summed E-state index contributed by atoms with van der Waals surface area (Å²) in [7, 11) is 1.44. The number of methoxy groups -OCH3 is 1. The zero-order chi connectivity index (χ0) is 13.7. The zero-order valence-electron chi connectivity index (χ0n) is 11.6. The van der Waals surface area contributed by atoms with Crippen molar-refractivity contribution in [3.05, 3.63) is 35.9 Å². The second-order valence-electron chi connectivity index (χ2n) is 5.15. The average molecular weight is 262 g/mol. The Hall–Kier alpha value is -1.55. The lowest BCUT2D eigenvalue weighted by Crippen LogP contribution is -2.49. The van der Waals surface area contributed by atoms with Gasteiger partial charge in [-0.15, -0.1) is 0 Å². The summed E-state index contributed by atoms with van der Waals surface area (Å²) in [6.45, 7) is 4.59. The van der Waals surface area contributed by atoms with Crippen molar-refractivity contribution < 1.29 is 9.53 Å². The molecule has 2 rings (SSSR count). The molecule has 1 aliphatic rings. The lowest BCUT2D eigenvalue weighted by molar-refractivity contribution is 0.0941. The highest BCUT2D eigenvalue weighted by Gasteiger charge is 2.28. The number of carbonyl (C=O) groups excluding carboxylic acids is 1. The highest BCUT2D eigenvalue weighted by molar-refractivity contribution is 5.67. The van der Waals surface area contributed by atoms with Crippen LogP contribution in [0.5, 0.6) is 0 Å². The third-order valence-electron chi connectivity index (χ3n) is 3.75. The first-order chi connectivity index (χ1) is 9.20.